The summed E-state index contributed by atoms with van der Waals surface area (Å²) in [6.45, 7) is 3.27. The number of nitrogens with one attached hydrogen (secondary N) is 1. The molecule has 0 fully saturated rings. The van der Waals surface area contributed by atoms with Gasteiger partial charge in [0.25, 0.3) is 0 Å². The number of halogens is 3. The zero-order valence-corrected chi connectivity index (χ0v) is 20.3. The Hall–Kier alpha value is -2.73. The van der Waals surface area contributed by atoms with Gasteiger partial charge in [0, 0.05) is 29.4 Å². The zero-order valence-electron chi connectivity index (χ0n) is 18.6. The summed E-state index contributed by atoms with van der Waals surface area (Å²) in [4.78, 5) is 15.5. The molecular formula is C24H23F3N2O4S2. The van der Waals surface area contributed by atoms with Crippen LogP contribution >= 0.6 is 11.3 Å². The number of hydrogen-bond donors (Lipinski definition) is 3. The van der Waals surface area contributed by atoms with Gasteiger partial charge in [-0.3, -0.25) is 4.90 Å². The van der Waals surface area contributed by atoms with Crippen LogP contribution < -0.4 is 4.72 Å². The Bertz CT molecular complexity index is 1290. The summed E-state index contributed by atoms with van der Waals surface area (Å²) in [7, 11) is -3.00. The molecule has 1 unspecified atom stereocenters. The first-order chi connectivity index (χ1) is 16.5. The number of aromatic carboxylic acids is 1. The van der Waals surface area contributed by atoms with Crippen LogP contribution in [0.25, 0.3) is 0 Å². The van der Waals surface area contributed by atoms with Crippen molar-refractivity contribution >= 4 is 28.2 Å². The maximum Gasteiger partial charge on any atom is 0.416 e. The van der Waals surface area contributed by atoms with Crippen LogP contribution in [0.5, 0.6) is 0 Å². The van der Waals surface area contributed by atoms with E-state index in [-0.39, 0.29) is 5.56 Å². The Kier molecular flexibility index (Phi) is 7.32. The number of hydrogen-bond acceptors (Lipinski definition) is 5. The standard InChI is InChI=1S/C24H23F3N2O4S2/c1-14-2-6-16(7-3-14)21(28-35(32)33)22-20(23(30)31)18-10-11-29(13-19(18)34-22)12-15-4-8-17(9-5-15)24(25,26)27/h2-9,21,35H,10-13H2,1H3,(H,30,31)(H,28,32,33). The molecule has 1 atom stereocenters. The Labute approximate surface area is 206 Å². The van der Waals surface area contributed by atoms with E-state index in [1.165, 1.54) is 23.5 Å². The van der Waals surface area contributed by atoms with Crippen molar-refractivity contribution in [3.63, 3.8) is 0 Å². The van der Waals surface area contributed by atoms with Crippen LogP contribution in [0.3, 0.4) is 0 Å². The Morgan fingerprint density at radius 3 is 2.37 bits per heavy atom. The van der Waals surface area contributed by atoms with Crippen molar-refractivity contribution in [3.05, 3.63) is 91.7 Å². The SMILES string of the molecule is Cc1ccc(C(N[SH](=O)=O)c2sc3c(c2C(=O)O)CCN(Cc2ccc(C(F)(F)F)cc2)C3)cc1. The minimum atomic E-state index is -4.39. The maximum absolute atomic E-state index is 12.8. The van der Waals surface area contributed by atoms with Gasteiger partial charge in [0.05, 0.1) is 17.2 Å². The topological polar surface area (TPSA) is 86.7 Å². The number of benzene rings is 2. The van der Waals surface area contributed by atoms with Gasteiger partial charge in [0.15, 0.2) is 0 Å². The lowest BCUT2D eigenvalue weighted by atomic mass is 9.96. The van der Waals surface area contributed by atoms with Gasteiger partial charge in [-0.25, -0.2) is 17.9 Å². The fourth-order valence-electron chi connectivity index (χ4n) is 4.26. The summed E-state index contributed by atoms with van der Waals surface area (Å²) in [6.07, 6.45) is -3.95. The monoisotopic (exact) mass is 524 g/mol. The van der Waals surface area contributed by atoms with E-state index in [0.717, 1.165) is 28.1 Å². The van der Waals surface area contributed by atoms with Crippen molar-refractivity contribution in [2.75, 3.05) is 6.54 Å². The molecule has 0 amide bonds. The molecule has 0 spiro atoms. The zero-order chi connectivity index (χ0) is 25.3. The Balaban J connectivity index is 1.63. The van der Waals surface area contributed by atoms with Gasteiger partial charge in [-0.05, 0) is 42.2 Å². The second-order valence-corrected chi connectivity index (χ2v) is 10.3. The first-order valence-corrected chi connectivity index (χ1v) is 12.8. The van der Waals surface area contributed by atoms with Crippen LogP contribution in [0.1, 0.15) is 54.0 Å². The third-order valence-electron chi connectivity index (χ3n) is 5.97. The summed E-state index contributed by atoms with van der Waals surface area (Å²) >= 11 is 1.26. The number of rotatable bonds is 7. The minimum absolute atomic E-state index is 0.120. The van der Waals surface area contributed by atoms with Crippen LogP contribution in [0.4, 0.5) is 13.2 Å². The number of aryl methyl sites for hydroxylation is 1. The molecular weight excluding hydrogens is 501 g/mol. The molecule has 2 N–H and O–H groups in total. The van der Waals surface area contributed by atoms with Crippen LogP contribution in [0.2, 0.25) is 0 Å². The number of alkyl halides is 3. The van der Waals surface area contributed by atoms with E-state index in [1.807, 2.05) is 24.0 Å². The smallest absolute Gasteiger partial charge is 0.416 e. The quantitative estimate of drug-likeness (QED) is 0.395. The molecule has 4 rings (SSSR count). The summed E-state index contributed by atoms with van der Waals surface area (Å²) in [5.74, 6) is -1.12. The van der Waals surface area contributed by atoms with Gasteiger partial charge in [0.2, 0.25) is 10.9 Å². The average Bonchev–Trinajstić information content (AvgIpc) is 3.16. The molecule has 6 nitrogen and oxygen atoms in total. The second kappa shape index (κ2) is 10.1. The van der Waals surface area contributed by atoms with E-state index in [9.17, 15) is 31.5 Å². The Morgan fingerprint density at radius 1 is 1.14 bits per heavy atom. The van der Waals surface area contributed by atoms with Crippen LogP contribution in [0, 0.1) is 6.92 Å². The van der Waals surface area contributed by atoms with E-state index < -0.39 is 34.6 Å². The fourth-order valence-corrected chi connectivity index (χ4v) is 6.30. The largest absolute Gasteiger partial charge is 0.478 e. The molecule has 11 heteroatoms. The lowest BCUT2D eigenvalue weighted by Crippen LogP contribution is -2.30. The second-order valence-electron chi connectivity index (χ2n) is 8.43. The lowest BCUT2D eigenvalue weighted by Gasteiger charge is -2.27. The van der Waals surface area contributed by atoms with Crippen molar-refractivity contribution < 1.29 is 31.5 Å². The van der Waals surface area contributed by atoms with Gasteiger partial charge in [-0.2, -0.15) is 13.2 Å². The molecule has 0 saturated heterocycles. The van der Waals surface area contributed by atoms with Gasteiger partial charge >= 0.3 is 12.1 Å². The molecule has 2 heterocycles. The van der Waals surface area contributed by atoms with E-state index in [4.69, 9.17) is 0 Å². The van der Waals surface area contributed by atoms with Crippen molar-refractivity contribution in [1.29, 1.82) is 0 Å². The van der Waals surface area contributed by atoms with E-state index in [0.29, 0.717) is 42.1 Å². The molecule has 3 aromatic rings. The third kappa shape index (κ3) is 5.75. The highest BCUT2D eigenvalue weighted by Gasteiger charge is 2.33. The number of thiol groups is 1. The highest BCUT2D eigenvalue weighted by Crippen LogP contribution is 2.39. The number of carboxylic acid groups (broad SMARTS) is 1. The summed E-state index contributed by atoms with van der Waals surface area (Å²) in [6, 6.07) is 11.4. The predicted molar refractivity (Wildman–Crippen MR) is 127 cm³/mol. The predicted octanol–water partition coefficient (Wildman–Crippen LogP) is 4.54. The highest BCUT2D eigenvalue weighted by molar-refractivity contribution is 7.70. The van der Waals surface area contributed by atoms with Gasteiger partial charge in [-0.15, -0.1) is 11.3 Å². The molecule has 2 aromatic carbocycles. The van der Waals surface area contributed by atoms with Crippen LogP contribution in [0.15, 0.2) is 48.5 Å². The van der Waals surface area contributed by atoms with Crippen LogP contribution in [-0.2, 0) is 36.6 Å². The summed E-state index contributed by atoms with van der Waals surface area (Å²) in [5, 5.41) is 10.00. The summed E-state index contributed by atoms with van der Waals surface area (Å²) in [5.41, 5.74) is 2.44. The highest BCUT2D eigenvalue weighted by atomic mass is 32.2. The first kappa shape index (κ1) is 25.4. The molecule has 186 valence electrons. The molecule has 1 aromatic heterocycles. The van der Waals surface area contributed by atoms with Crippen molar-refractivity contribution in [2.24, 2.45) is 0 Å². The van der Waals surface area contributed by atoms with Gasteiger partial charge < -0.3 is 5.11 Å². The Morgan fingerprint density at radius 2 is 1.80 bits per heavy atom. The molecule has 1 aliphatic heterocycles. The molecule has 0 saturated carbocycles. The number of nitrogens with zero attached hydrogens (tertiary/aromatic N) is 1. The number of carbonyl (C=O) groups is 1. The minimum Gasteiger partial charge on any atom is -0.478 e. The first-order valence-electron chi connectivity index (χ1n) is 10.8. The van der Waals surface area contributed by atoms with Gasteiger partial charge in [0.1, 0.15) is 0 Å². The summed E-state index contributed by atoms with van der Waals surface area (Å²) < 4.78 is 64.2. The molecule has 0 aliphatic carbocycles. The van der Waals surface area contributed by atoms with E-state index in [2.05, 4.69) is 4.72 Å². The van der Waals surface area contributed by atoms with Crippen molar-refractivity contribution in [2.45, 2.75) is 38.7 Å². The van der Waals surface area contributed by atoms with Crippen molar-refractivity contribution in [1.82, 2.24) is 9.62 Å². The van der Waals surface area contributed by atoms with Crippen LogP contribution in [-0.4, -0.2) is 30.9 Å². The third-order valence-corrected chi connectivity index (χ3v) is 7.72. The van der Waals surface area contributed by atoms with E-state index >= 15 is 0 Å². The normalized spacial score (nSPS) is 15.2. The number of thiophene rings is 1. The number of carboxylic acids is 1. The number of fused-ring (bicyclic) bond motifs is 1. The van der Waals surface area contributed by atoms with E-state index in [1.54, 1.807) is 12.1 Å². The van der Waals surface area contributed by atoms with Gasteiger partial charge in [-0.1, -0.05) is 42.0 Å². The maximum atomic E-state index is 12.8. The molecule has 1 aliphatic rings. The molecule has 0 bridgehead atoms. The lowest BCUT2D eigenvalue weighted by molar-refractivity contribution is -0.137. The molecule has 0 radical (unpaired) electrons. The molecule has 35 heavy (non-hydrogen) atoms. The fraction of sp³-hybridized carbons (Fsp3) is 0.292. The van der Waals surface area contributed by atoms with Crippen molar-refractivity contribution in [3.8, 4) is 0 Å². The average molecular weight is 525 g/mol.